The van der Waals surface area contributed by atoms with Crippen LogP contribution in [0.2, 0.25) is 0 Å². The van der Waals surface area contributed by atoms with Gasteiger partial charge < -0.3 is 18.1 Å². The zero-order valence-corrected chi connectivity index (χ0v) is 16.8. The molecular weight excluding hydrogens is 318 g/mol. The van der Waals surface area contributed by atoms with E-state index in [0.717, 1.165) is 77.8 Å². The van der Waals surface area contributed by atoms with E-state index in [-0.39, 0.29) is 0 Å². The lowest BCUT2D eigenvalue weighted by molar-refractivity contribution is 0.223. The first-order valence-electron chi connectivity index (χ1n) is 8.91. The van der Waals surface area contributed by atoms with Gasteiger partial charge in [0.15, 0.2) is 0 Å². The highest BCUT2D eigenvalue weighted by atomic mass is 32.1. The molecule has 0 spiro atoms. The second-order valence-corrected chi connectivity index (χ2v) is 9.17. The number of hydrogen-bond donors (Lipinski definition) is 0. The van der Waals surface area contributed by atoms with Gasteiger partial charge in [0, 0.05) is 0 Å². The standard InChI is InChI=1S/C16H36O4P2/c1-5-9-13-17-21(18-14-10-6-2)22(19-15-11-7-3)20-16-12-8-4/h5-16H2,1-4H3. The van der Waals surface area contributed by atoms with Gasteiger partial charge in [-0.25, -0.2) is 0 Å². The molecule has 0 radical (unpaired) electrons. The predicted molar refractivity (Wildman–Crippen MR) is 97.3 cm³/mol. The van der Waals surface area contributed by atoms with Gasteiger partial charge in [0.05, 0.1) is 26.4 Å². The van der Waals surface area contributed by atoms with E-state index >= 15 is 0 Å². The van der Waals surface area contributed by atoms with Crippen molar-refractivity contribution in [1.82, 2.24) is 0 Å². The van der Waals surface area contributed by atoms with Crippen molar-refractivity contribution in [2.24, 2.45) is 0 Å². The van der Waals surface area contributed by atoms with E-state index in [4.69, 9.17) is 18.1 Å². The minimum absolute atomic E-state index is 0.738. The molecule has 0 aliphatic heterocycles. The molecule has 0 saturated carbocycles. The number of hydrogen-bond acceptors (Lipinski definition) is 4. The van der Waals surface area contributed by atoms with E-state index in [9.17, 15) is 0 Å². The summed E-state index contributed by atoms with van der Waals surface area (Å²) in [6.07, 6.45) is 8.75. The van der Waals surface area contributed by atoms with E-state index in [0.29, 0.717) is 0 Å². The monoisotopic (exact) mass is 354 g/mol. The molecule has 0 bridgehead atoms. The third-order valence-corrected chi connectivity index (χ3v) is 7.00. The summed E-state index contributed by atoms with van der Waals surface area (Å²) in [6, 6.07) is 0. The summed E-state index contributed by atoms with van der Waals surface area (Å²) >= 11 is 0. The van der Waals surface area contributed by atoms with Crippen molar-refractivity contribution in [3.05, 3.63) is 0 Å². The van der Waals surface area contributed by atoms with Gasteiger partial charge in [-0.15, -0.1) is 0 Å². The van der Waals surface area contributed by atoms with Crippen LogP contribution in [0.25, 0.3) is 0 Å². The van der Waals surface area contributed by atoms with E-state index in [1.165, 1.54) is 0 Å². The maximum atomic E-state index is 5.97. The van der Waals surface area contributed by atoms with E-state index in [1.807, 2.05) is 0 Å². The molecule has 0 fully saturated rings. The fraction of sp³-hybridized carbons (Fsp3) is 1.00. The van der Waals surface area contributed by atoms with Gasteiger partial charge in [0.25, 0.3) is 16.1 Å². The summed E-state index contributed by atoms with van der Waals surface area (Å²) < 4.78 is 23.9. The normalized spacial score (nSPS) is 11.7. The van der Waals surface area contributed by atoms with Gasteiger partial charge in [0.2, 0.25) is 0 Å². The SMILES string of the molecule is CCCCOP(OCCCC)P(OCCCC)OCCCC. The Hall–Kier alpha value is 0.700. The largest absolute Gasteiger partial charge is 0.328 e. The maximum absolute atomic E-state index is 5.97. The fourth-order valence-corrected chi connectivity index (χ4v) is 5.19. The van der Waals surface area contributed by atoms with E-state index < -0.39 is 16.1 Å². The molecule has 0 atom stereocenters. The first-order chi connectivity index (χ1) is 10.8. The molecule has 0 N–H and O–H groups in total. The smallest absolute Gasteiger partial charge is 0.256 e. The molecule has 0 unspecified atom stereocenters. The molecule has 0 aromatic rings. The van der Waals surface area contributed by atoms with Crippen molar-refractivity contribution in [3.63, 3.8) is 0 Å². The number of rotatable bonds is 17. The van der Waals surface area contributed by atoms with Gasteiger partial charge in [-0.05, 0) is 25.7 Å². The molecule has 0 aromatic heterocycles. The van der Waals surface area contributed by atoms with Crippen molar-refractivity contribution in [1.29, 1.82) is 0 Å². The van der Waals surface area contributed by atoms with Crippen molar-refractivity contribution >= 4 is 16.1 Å². The van der Waals surface area contributed by atoms with Crippen LogP contribution in [0, 0.1) is 0 Å². The molecule has 4 nitrogen and oxygen atoms in total. The third kappa shape index (κ3) is 13.2. The zero-order chi connectivity index (χ0) is 16.5. The predicted octanol–water partition coefficient (Wildman–Crippen LogP) is 6.79. The Balaban J connectivity index is 4.42. The molecule has 0 rings (SSSR count). The van der Waals surface area contributed by atoms with E-state index in [1.54, 1.807) is 0 Å². The lowest BCUT2D eigenvalue weighted by Crippen LogP contribution is -2.00. The summed E-state index contributed by atoms with van der Waals surface area (Å²) in [7, 11) is -2.12. The summed E-state index contributed by atoms with van der Waals surface area (Å²) in [5, 5.41) is 0. The summed E-state index contributed by atoms with van der Waals surface area (Å²) in [5.74, 6) is 0. The quantitative estimate of drug-likeness (QED) is 0.213. The van der Waals surface area contributed by atoms with Crippen LogP contribution in [0.5, 0.6) is 0 Å². The van der Waals surface area contributed by atoms with Crippen LogP contribution in [-0.2, 0) is 18.1 Å². The first kappa shape index (κ1) is 22.7. The highest BCUT2D eigenvalue weighted by molar-refractivity contribution is 8.21. The van der Waals surface area contributed by atoms with Crippen LogP contribution in [-0.4, -0.2) is 26.4 Å². The zero-order valence-electron chi connectivity index (χ0n) is 15.0. The molecule has 0 saturated heterocycles. The van der Waals surface area contributed by atoms with Crippen molar-refractivity contribution in [3.8, 4) is 0 Å². The van der Waals surface area contributed by atoms with Crippen molar-refractivity contribution in [2.75, 3.05) is 26.4 Å². The maximum Gasteiger partial charge on any atom is 0.256 e. The highest BCUT2D eigenvalue weighted by Gasteiger charge is 2.27. The molecule has 0 aromatic carbocycles. The molecule has 6 heteroatoms. The lowest BCUT2D eigenvalue weighted by atomic mass is 10.4. The molecule has 134 valence electrons. The van der Waals surface area contributed by atoms with Gasteiger partial charge in [-0.3, -0.25) is 0 Å². The average Bonchev–Trinajstić information content (AvgIpc) is 2.53. The molecule has 0 heterocycles. The second-order valence-electron chi connectivity index (χ2n) is 5.22. The van der Waals surface area contributed by atoms with Gasteiger partial charge in [-0.1, -0.05) is 53.4 Å². The van der Waals surface area contributed by atoms with Gasteiger partial charge >= 0.3 is 0 Å². The second kappa shape index (κ2) is 18.0. The summed E-state index contributed by atoms with van der Waals surface area (Å²) in [5.41, 5.74) is 0. The Morgan fingerprint density at radius 2 is 0.682 bits per heavy atom. The van der Waals surface area contributed by atoms with Crippen LogP contribution >= 0.6 is 16.1 Å². The molecule has 0 aliphatic carbocycles. The summed E-state index contributed by atoms with van der Waals surface area (Å²) in [4.78, 5) is 0. The fourth-order valence-electron chi connectivity index (χ4n) is 1.41. The Labute approximate surface area is 140 Å². The number of unbranched alkanes of at least 4 members (excludes halogenated alkanes) is 4. The summed E-state index contributed by atoms with van der Waals surface area (Å²) in [6.45, 7) is 11.6. The highest BCUT2D eigenvalue weighted by Crippen LogP contribution is 2.71. The van der Waals surface area contributed by atoms with Crippen LogP contribution < -0.4 is 0 Å². The Kier molecular flexibility index (Phi) is 18.6. The molecule has 0 amide bonds. The Morgan fingerprint density at radius 3 is 0.864 bits per heavy atom. The molecule has 0 aliphatic rings. The Bertz CT molecular complexity index is 178. The molecular formula is C16H36O4P2. The van der Waals surface area contributed by atoms with Crippen molar-refractivity contribution in [2.45, 2.75) is 79.1 Å². The minimum atomic E-state index is -1.06. The third-order valence-electron chi connectivity index (χ3n) is 2.93. The minimum Gasteiger partial charge on any atom is -0.328 e. The van der Waals surface area contributed by atoms with Crippen LogP contribution in [0.4, 0.5) is 0 Å². The van der Waals surface area contributed by atoms with Crippen LogP contribution in [0.15, 0.2) is 0 Å². The van der Waals surface area contributed by atoms with Crippen molar-refractivity contribution < 1.29 is 18.1 Å². The van der Waals surface area contributed by atoms with Crippen LogP contribution in [0.3, 0.4) is 0 Å². The average molecular weight is 354 g/mol. The van der Waals surface area contributed by atoms with Gasteiger partial charge in [0.1, 0.15) is 0 Å². The van der Waals surface area contributed by atoms with E-state index in [2.05, 4.69) is 27.7 Å². The van der Waals surface area contributed by atoms with Gasteiger partial charge in [-0.2, -0.15) is 0 Å². The van der Waals surface area contributed by atoms with Crippen LogP contribution in [0.1, 0.15) is 79.1 Å². The Morgan fingerprint density at radius 1 is 0.455 bits per heavy atom. The lowest BCUT2D eigenvalue weighted by Gasteiger charge is -2.25. The topological polar surface area (TPSA) is 36.9 Å². The molecule has 22 heavy (non-hydrogen) atoms. The first-order valence-corrected chi connectivity index (χ1v) is 12.0.